The summed E-state index contributed by atoms with van der Waals surface area (Å²) in [5.41, 5.74) is 3.02. The van der Waals surface area contributed by atoms with Crippen molar-refractivity contribution in [2.45, 2.75) is 72.0 Å². The highest BCUT2D eigenvalue weighted by atomic mass is 19.1. The molecule has 0 spiro atoms. The van der Waals surface area contributed by atoms with E-state index in [9.17, 15) is 9.59 Å². The quantitative estimate of drug-likeness (QED) is 0.212. The maximum absolute atomic E-state index is 15.8. The largest absolute Gasteiger partial charge is 0.471 e. The van der Waals surface area contributed by atoms with Gasteiger partial charge in [0.1, 0.15) is 23.7 Å². The van der Waals surface area contributed by atoms with Gasteiger partial charge < -0.3 is 14.4 Å². The maximum atomic E-state index is 15.8. The molecule has 1 fully saturated rings. The van der Waals surface area contributed by atoms with E-state index in [1.165, 1.54) is 15.2 Å². The third-order valence-corrected chi connectivity index (χ3v) is 7.82. The highest BCUT2D eigenvalue weighted by molar-refractivity contribution is 5.83. The smallest absolute Gasteiger partial charge is 0.333 e. The van der Waals surface area contributed by atoms with E-state index < -0.39 is 11.4 Å². The maximum Gasteiger partial charge on any atom is 0.333 e. The molecule has 1 aliphatic heterocycles. The number of carbonyl (C=O) groups excluding carboxylic acids is 1. The normalized spacial score (nSPS) is 14.3. The minimum absolute atomic E-state index is 0.195. The van der Waals surface area contributed by atoms with E-state index in [-0.39, 0.29) is 17.6 Å². The van der Waals surface area contributed by atoms with Crippen LogP contribution in [-0.4, -0.2) is 38.8 Å². The van der Waals surface area contributed by atoms with Crippen molar-refractivity contribution in [3.63, 3.8) is 0 Å². The van der Waals surface area contributed by atoms with E-state index >= 15 is 4.39 Å². The lowest BCUT2D eigenvalue weighted by molar-refractivity contribution is -0.156. The Hall–Kier alpha value is -4.14. The van der Waals surface area contributed by atoms with Crippen LogP contribution in [0, 0.1) is 11.7 Å². The Balaban J connectivity index is 1.43. The number of benzene rings is 2. The summed E-state index contributed by atoms with van der Waals surface area (Å²) in [5, 5.41) is 0. The van der Waals surface area contributed by atoms with Crippen LogP contribution in [0.15, 0.2) is 59.4 Å². The Bertz CT molecular complexity index is 1650. The molecule has 0 saturated carbocycles. The van der Waals surface area contributed by atoms with Crippen molar-refractivity contribution in [2.24, 2.45) is 13.0 Å². The zero-order valence-electron chi connectivity index (χ0n) is 25.7. The number of rotatable bonds is 9. The summed E-state index contributed by atoms with van der Waals surface area (Å²) in [4.78, 5) is 32.7. The first kappa shape index (κ1) is 30.3. The van der Waals surface area contributed by atoms with Crippen LogP contribution in [0.3, 0.4) is 0 Å². The Morgan fingerprint density at radius 3 is 2.42 bits per heavy atom. The summed E-state index contributed by atoms with van der Waals surface area (Å²) in [6.45, 7) is 9.20. The standard InChI is InChI=1S/C34H41FN4O4/c1-6-10-25-13-14-27(32(36-25)42-22-24-11-8-7-9-12-24)39-30-20-26(35)28(21-29(30)37(5)33(39)41)38-17-15-23(16-18-38)19-31(40)43-34(2,3)4/h7-9,11-14,20-21,23H,6,10,15-19,22H2,1-5H3. The first-order valence-electron chi connectivity index (χ1n) is 15.1. The second kappa shape index (κ2) is 12.6. The number of hydrogen-bond donors (Lipinski definition) is 0. The SMILES string of the molecule is CCCc1ccc(-n2c(=O)n(C)c3cc(N4CCC(CC(=O)OC(C)(C)C)CC4)c(F)cc32)c(OCc2ccccc2)n1. The van der Waals surface area contributed by atoms with Gasteiger partial charge in [-0.25, -0.2) is 14.2 Å². The number of aryl methyl sites for hydroxylation is 2. The molecular formula is C34H41FN4O4. The van der Waals surface area contributed by atoms with Gasteiger partial charge in [-0.2, -0.15) is 0 Å². The molecule has 8 nitrogen and oxygen atoms in total. The van der Waals surface area contributed by atoms with Crippen LogP contribution in [0.1, 0.15) is 64.6 Å². The molecule has 0 aliphatic carbocycles. The predicted octanol–water partition coefficient (Wildman–Crippen LogP) is 6.34. The summed E-state index contributed by atoms with van der Waals surface area (Å²) < 4.78 is 30.5. The number of imidazole rings is 1. The molecule has 43 heavy (non-hydrogen) atoms. The monoisotopic (exact) mass is 588 g/mol. The van der Waals surface area contributed by atoms with E-state index in [1.54, 1.807) is 13.1 Å². The van der Waals surface area contributed by atoms with E-state index in [0.29, 0.717) is 54.4 Å². The molecule has 4 aromatic rings. The summed E-state index contributed by atoms with van der Waals surface area (Å²) in [6.07, 6.45) is 3.58. The van der Waals surface area contributed by atoms with Crippen molar-refractivity contribution in [1.29, 1.82) is 0 Å². The topological polar surface area (TPSA) is 78.6 Å². The van der Waals surface area contributed by atoms with Gasteiger partial charge in [0, 0.05) is 38.3 Å². The molecule has 0 bridgehead atoms. The zero-order chi connectivity index (χ0) is 30.7. The molecule has 0 amide bonds. The van der Waals surface area contributed by atoms with Crippen molar-refractivity contribution in [2.75, 3.05) is 18.0 Å². The van der Waals surface area contributed by atoms with Gasteiger partial charge in [0.2, 0.25) is 5.88 Å². The van der Waals surface area contributed by atoms with Crippen molar-refractivity contribution < 1.29 is 18.7 Å². The van der Waals surface area contributed by atoms with Crippen LogP contribution in [0.2, 0.25) is 0 Å². The fourth-order valence-electron chi connectivity index (χ4n) is 5.69. The fourth-order valence-corrected chi connectivity index (χ4v) is 5.69. The third-order valence-electron chi connectivity index (χ3n) is 7.82. The van der Waals surface area contributed by atoms with Crippen LogP contribution >= 0.6 is 0 Å². The van der Waals surface area contributed by atoms with E-state index in [0.717, 1.165) is 36.9 Å². The minimum Gasteiger partial charge on any atom is -0.471 e. The number of pyridine rings is 1. The summed E-state index contributed by atoms with van der Waals surface area (Å²) in [6, 6.07) is 16.7. The first-order valence-corrected chi connectivity index (χ1v) is 15.1. The highest BCUT2D eigenvalue weighted by Crippen LogP contribution is 2.33. The fraction of sp³-hybridized carbons (Fsp3) is 0.441. The number of esters is 1. The Labute approximate surface area is 252 Å². The van der Waals surface area contributed by atoms with Gasteiger partial charge in [-0.15, -0.1) is 0 Å². The number of aromatic nitrogens is 3. The van der Waals surface area contributed by atoms with Gasteiger partial charge in [0.05, 0.1) is 16.7 Å². The Morgan fingerprint density at radius 2 is 1.74 bits per heavy atom. The molecule has 0 atom stereocenters. The second-order valence-corrected chi connectivity index (χ2v) is 12.3. The molecule has 0 radical (unpaired) electrons. The van der Waals surface area contributed by atoms with E-state index in [2.05, 4.69) is 6.92 Å². The van der Waals surface area contributed by atoms with Crippen LogP contribution in [0.4, 0.5) is 10.1 Å². The van der Waals surface area contributed by atoms with Crippen LogP contribution in [0.25, 0.3) is 16.7 Å². The van der Waals surface area contributed by atoms with Gasteiger partial charge >= 0.3 is 11.7 Å². The first-order chi connectivity index (χ1) is 20.5. The molecular weight excluding hydrogens is 547 g/mol. The van der Waals surface area contributed by atoms with Crippen LogP contribution in [-0.2, 0) is 29.6 Å². The molecule has 5 rings (SSSR count). The number of halogens is 1. The van der Waals surface area contributed by atoms with E-state index in [4.69, 9.17) is 14.5 Å². The lowest BCUT2D eigenvalue weighted by Gasteiger charge is -2.34. The average Bonchev–Trinajstić information content (AvgIpc) is 3.20. The lowest BCUT2D eigenvalue weighted by atomic mass is 9.93. The van der Waals surface area contributed by atoms with Crippen LogP contribution in [0.5, 0.6) is 5.88 Å². The van der Waals surface area contributed by atoms with Gasteiger partial charge in [-0.05, 0) is 69.7 Å². The molecule has 3 heterocycles. The Kier molecular flexibility index (Phi) is 8.89. The number of hydrogen-bond acceptors (Lipinski definition) is 6. The van der Waals surface area contributed by atoms with Gasteiger partial charge in [0.25, 0.3) is 0 Å². The van der Waals surface area contributed by atoms with Gasteiger partial charge in [0.15, 0.2) is 0 Å². The van der Waals surface area contributed by atoms with Crippen molar-refractivity contribution in [3.05, 3.63) is 82.2 Å². The third kappa shape index (κ3) is 6.92. The lowest BCUT2D eigenvalue weighted by Crippen LogP contribution is -2.35. The van der Waals surface area contributed by atoms with Crippen molar-refractivity contribution in [1.82, 2.24) is 14.1 Å². The molecule has 2 aromatic heterocycles. The van der Waals surface area contributed by atoms with Gasteiger partial charge in [-0.3, -0.25) is 13.9 Å². The zero-order valence-corrected chi connectivity index (χ0v) is 25.7. The average molecular weight is 589 g/mol. The molecule has 0 N–H and O–H groups in total. The summed E-state index contributed by atoms with van der Waals surface area (Å²) in [7, 11) is 1.69. The van der Waals surface area contributed by atoms with Gasteiger partial charge in [-0.1, -0.05) is 43.7 Å². The van der Waals surface area contributed by atoms with Crippen molar-refractivity contribution >= 4 is 22.7 Å². The molecule has 9 heteroatoms. The minimum atomic E-state index is -0.509. The number of fused-ring (bicyclic) bond motifs is 1. The number of nitrogens with zero attached hydrogens (tertiary/aromatic N) is 4. The number of carbonyl (C=O) groups is 1. The molecule has 228 valence electrons. The second-order valence-electron chi connectivity index (χ2n) is 12.3. The number of piperidine rings is 1. The van der Waals surface area contributed by atoms with Crippen LogP contribution < -0.4 is 15.3 Å². The summed E-state index contributed by atoms with van der Waals surface area (Å²) in [5.74, 6) is -0.0688. The molecule has 1 aliphatic rings. The van der Waals surface area contributed by atoms with E-state index in [1.807, 2.05) is 68.1 Å². The highest BCUT2D eigenvalue weighted by Gasteiger charge is 2.27. The summed E-state index contributed by atoms with van der Waals surface area (Å²) >= 11 is 0. The van der Waals surface area contributed by atoms with Crippen molar-refractivity contribution in [3.8, 4) is 11.6 Å². The molecule has 0 unspecified atom stereocenters. The predicted molar refractivity (Wildman–Crippen MR) is 166 cm³/mol. The Morgan fingerprint density at radius 1 is 1.02 bits per heavy atom. The molecule has 2 aromatic carbocycles. The number of anilines is 1. The molecule has 1 saturated heterocycles. The number of ether oxygens (including phenoxy) is 2.